The molecule has 0 aromatic carbocycles. The van der Waals surface area contributed by atoms with Crippen molar-refractivity contribution >= 4 is 5.91 Å². The maximum atomic E-state index is 11.7. The van der Waals surface area contributed by atoms with Crippen molar-refractivity contribution in [2.24, 2.45) is 0 Å². The molecule has 1 heterocycles. The van der Waals surface area contributed by atoms with Gasteiger partial charge < -0.3 is 4.90 Å². The van der Waals surface area contributed by atoms with Crippen molar-refractivity contribution in [2.45, 2.75) is 26.4 Å². The van der Waals surface area contributed by atoms with E-state index in [9.17, 15) is 9.59 Å². The summed E-state index contributed by atoms with van der Waals surface area (Å²) in [6.45, 7) is 2.86. The van der Waals surface area contributed by atoms with E-state index in [0.717, 1.165) is 0 Å². The average molecular weight is 236 g/mol. The highest BCUT2D eigenvalue weighted by molar-refractivity contribution is 5.75. The van der Waals surface area contributed by atoms with E-state index in [4.69, 9.17) is 5.26 Å². The predicted molar refractivity (Wildman–Crippen MR) is 62.2 cm³/mol. The van der Waals surface area contributed by atoms with E-state index < -0.39 is 0 Å². The topological polar surface area (TPSA) is 71.0 Å². The molecule has 6 heteroatoms. The molecule has 17 heavy (non-hydrogen) atoms. The number of likely N-dealkylation sites (N-methyl/N-ethyl adjacent to an activating group) is 1. The lowest BCUT2D eigenvalue weighted by atomic mass is 10.4. The molecule has 0 N–H and O–H groups in total. The summed E-state index contributed by atoms with van der Waals surface area (Å²) in [5.41, 5.74) is -0.186. The van der Waals surface area contributed by atoms with Crippen LogP contribution in [0.5, 0.6) is 0 Å². The standard InChI is InChI=1S/C11H16N4O2/c1-3-14-7-8-15(11(14)17)9-10(16)13(2)6-4-5-12/h7-8H,3-4,6,9H2,1-2H3. The van der Waals surface area contributed by atoms with Gasteiger partial charge in [-0.15, -0.1) is 0 Å². The summed E-state index contributed by atoms with van der Waals surface area (Å²) >= 11 is 0. The van der Waals surface area contributed by atoms with Crippen LogP contribution in [-0.2, 0) is 17.9 Å². The summed E-state index contributed by atoms with van der Waals surface area (Å²) in [6.07, 6.45) is 3.56. The van der Waals surface area contributed by atoms with E-state index in [-0.39, 0.29) is 18.1 Å². The highest BCUT2D eigenvalue weighted by Gasteiger charge is 2.11. The third-order valence-corrected chi connectivity index (χ3v) is 2.55. The van der Waals surface area contributed by atoms with Crippen LogP contribution in [0.4, 0.5) is 0 Å². The SMILES string of the molecule is CCn1ccn(CC(=O)N(C)CCC#N)c1=O. The zero-order valence-electron chi connectivity index (χ0n) is 10.1. The van der Waals surface area contributed by atoms with Gasteiger partial charge in [0, 0.05) is 32.5 Å². The first kappa shape index (κ1) is 13.0. The highest BCUT2D eigenvalue weighted by atomic mass is 16.2. The van der Waals surface area contributed by atoms with Gasteiger partial charge in [0.1, 0.15) is 6.54 Å². The Balaban J connectivity index is 2.65. The normalized spacial score (nSPS) is 9.94. The summed E-state index contributed by atoms with van der Waals surface area (Å²) in [5, 5.41) is 8.42. The summed E-state index contributed by atoms with van der Waals surface area (Å²) in [7, 11) is 1.63. The zero-order chi connectivity index (χ0) is 12.8. The van der Waals surface area contributed by atoms with E-state index in [1.54, 1.807) is 19.4 Å². The lowest BCUT2D eigenvalue weighted by Gasteiger charge is -2.15. The van der Waals surface area contributed by atoms with Crippen molar-refractivity contribution in [3.05, 3.63) is 22.9 Å². The summed E-state index contributed by atoms with van der Waals surface area (Å²) in [6, 6.07) is 1.98. The number of carbonyl (C=O) groups excluding carboxylic acids is 1. The first-order chi connectivity index (χ1) is 8.10. The lowest BCUT2D eigenvalue weighted by Crippen LogP contribution is -2.34. The van der Waals surface area contributed by atoms with Gasteiger partial charge in [-0.2, -0.15) is 5.26 Å². The summed E-state index contributed by atoms with van der Waals surface area (Å²) < 4.78 is 2.90. The fraction of sp³-hybridized carbons (Fsp3) is 0.545. The Morgan fingerprint density at radius 2 is 2.12 bits per heavy atom. The van der Waals surface area contributed by atoms with Crippen LogP contribution >= 0.6 is 0 Å². The Bertz CT molecular complexity index is 480. The molecule has 0 aliphatic carbocycles. The third-order valence-electron chi connectivity index (χ3n) is 2.55. The van der Waals surface area contributed by atoms with Crippen LogP contribution < -0.4 is 5.69 Å². The first-order valence-electron chi connectivity index (χ1n) is 5.46. The molecule has 6 nitrogen and oxygen atoms in total. The quantitative estimate of drug-likeness (QED) is 0.724. The van der Waals surface area contributed by atoms with Crippen LogP contribution in [-0.4, -0.2) is 33.5 Å². The Labute approximate surface area is 99.7 Å². The van der Waals surface area contributed by atoms with Crippen LogP contribution in [0.3, 0.4) is 0 Å². The van der Waals surface area contributed by atoms with Crippen LogP contribution in [0.25, 0.3) is 0 Å². The summed E-state index contributed by atoms with van der Waals surface area (Å²) in [5.74, 6) is -0.170. The van der Waals surface area contributed by atoms with E-state index >= 15 is 0 Å². The van der Waals surface area contributed by atoms with Crippen molar-refractivity contribution in [2.75, 3.05) is 13.6 Å². The molecular weight excluding hydrogens is 220 g/mol. The van der Waals surface area contributed by atoms with Crippen LogP contribution in [0.2, 0.25) is 0 Å². The minimum absolute atomic E-state index is 0.0216. The van der Waals surface area contributed by atoms with Crippen molar-refractivity contribution in [1.29, 1.82) is 5.26 Å². The van der Waals surface area contributed by atoms with Crippen molar-refractivity contribution in [3.63, 3.8) is 0 Å². The monoisotopic (exact) mass is 236 g/mol. The van der Waals surface area contributed by atoms with Crippen LogP contribution in [0.15, 0.2) is 17.2 Å². The molecule has 0 saturated heterocycles. The van der Waals surface area contributed by atoms with E-state index in [2.05, 4.69) is 0 Å². The van der Waals surface area contributed by atoms with Gasteiger partial charge in [0.05, 0.1) is 12.5 Å². The van der Waals surface area contributed by atoms with Gasteiger partial charge >= 0.3 is 5.69 Å². The van der Waals surface area contributed by atoms with Crippen LogP contribution in [0, 0.1) is 11.3 Å². The number of carbonyl (C=O) groups is 1. The van der Waals surface area contributed by atoms with Gasteiger partial charge in [-0.25, -0.2) is 4.79 Å². The molecule has 0 spiro atoms. The number of nitrogens with zero attached hydrogens (tertiary/aromatic N) is 4. The number of imidazole rings is 1. The Morgan fingerprint density at radius 3 is 2.65 bits per heavy atom. The van der Waals surface area contributed by atoms with Gasteiger partial charge in [0.15, 0.2) is 0 Å². The lowest BCUT2D eigenvalue weighted by molar-refractivity contribution is -0.130. The Hall–Kier alpha value is -2.03. The molecule has 0 bridgehead atoms. The molecule has 0 atom stereocenters. The Kier molecular flexibility index (Phi) is 4.52. The largest absolute Gasteiger partial charge is 0.343 e. The van der Waals surface area contributed by atoms with Gasteiger partial charge in [0.2, 0.25) is 5.91 Å². The number of rotatable bonds is 5. The predicted octanol–water partition coefficient (Wildman–Crippen LogP) is 0.0418. The van der Waals surface area contributed by atoms with Gasteiger partial charge in [0.25, 0.3) is 0 Å². The maximum absolute atomic E-state index is 11.7. The smallest absolute Gasteiger partial charge is 0.328 e. The molecule has 0 unspecified atom stereocenters. The van der Waals surface area contributed by atoms with Crippen LogP contribution in [0.1, 0.15) is 13.3 Å². The molecule has 1 aromatic heterocycles. The molecule has 1 rings (SSSR count). The van der Waals surface area contributed by atoms with E-state index in [1.807, 2.05) is 13.0 Å². The van der Waals surface area contributed by atoms with Crippen molar-refractivity contribution in [3.8, 4) is 6.07 Å². The molecule has 1 aromatic rings. The van der Waals surface area contributed by atoms with Gasteiger partial charge in [-0.05, 0) is 6.92 Å². The molecule has 0 aliphatic heterocycles. The molecule has 0 saturated carbocycles. The van der Waals surface area contributed by atoms with Gasteiger partial charge in [-0.3, -0.25) is 13.9 Å². The first-order valence-corrected chi connectivity index (χ1v) is 5.46. The number of hydrogen-bond acceptors (Lipinski definition) is 3. The number of hydrogen-bond donors (Lipinski definition) is 0. The second-order valence-electron chi connectivity index (χ2n) is 3.72. The molecular formula is C11H16N4O2. The number of amides is 1. The second kappa shape index (κ2) is 5.89. The van der Waals surface area contributed by atoms with Crippen molar-refractivity contribution < 1.29 is 4.79 Å². The number of nitriles is 1. The third kappa shape index (κ3) is 3.21. The van der Waals surface area contributed by atoms with E-state index in [0.29, 0.717) is 19.5 Å². The highest BCUT2D eigenvalue weighted by Crippen LogP contribution is 1.92. The summed E-state index contributed by atoms with van der Waals surface area (Å²) in [4.78, 5) is 24.8. The molecule has 0 radical (unpaired) electrons. The van der Waals surface area contributed by atoms with Gasteiger partial charge in [-0.1, -0.05) is 0 Å². The number of aryl methyl sites for hydroxylation is 1. The molecule has 0 aliphatic rings. The minimum Gasteiger partial charge on any atom is -0.343 e. The number of aromatic nitrogens is 2. The minimum atomic E-state index is -0.186. The second-order valence-corrected chi connectivity index (χ2v) is 3.72. The van der Waals surface area contributed by atoms with E-state index in [1.165, 1.54) is 14.0 Å². The average Bonchev–Trinajstić information content (AvgIpc) is 2.67. The Morgan fingerprint density at radius 1 is 1.47 bits per heavy atom. The molecule has 1 amide bonds. The fourth-order valence-corrected chi connectivity index (χ4v) is 1.42. The fourth-order valence-electron chi connectivity index (χ4n) is 1.42. The maximum Gasteiger partial charge on any atom is 0.328 e. The van der Waals surface area contributed by atoms with Crippen molar-refractivity contribution in [1.82, 2.24) is 14.0 Å². The molecule has 92 valence electrons. The zero-order valence-corrected chi connectivity index (χ0v) is 10.1. The molecule has 0 fully saturated rings.